The van der Waals surface area contributed by atoms with Gasteiger partial charge in [0.2, 0.25) is 0 Å². The van der Waals surface area contributed by atoms with Crippen molar-refractivity contribution >= 4 is 50.5 Å². The molecule has 1 aromatic heterocycles. The van der Waals surface area contributed by atoms with Gasteiger partial charge in [0.1, 0.15) is 0 Å². The molecule has 3 atom stereocenters. The largest absolute Gasteiger partial charge is 0.111 e. The molecule has 15 heavy (non-hydrogen) atoms. The lowest BCUT2D eigenvalue weighted by atomic mass is 9.92. The molecule has 0 radical (unpaired) electrons. The van der Waals surface area contributed by atoms with E-state index < -0.39 is 0 Å². The van der Waals surface area contributed by atoms with Gasteiger partial charge in [-0.1, -0.05) is 58.9 Å². The monoisotopic (exact) mass is 326 g/mol. The highest BCUT2D eigenvalue weighted by molar-refractivity contribution is 9.09. The summed E-state index contributed by atoms with van der Waals surface area (Å²) in [5, 5.41) is 0. The van der Waals surface area contributed by atoms with E-state index in [1.807, 2.05) is 6.07 Å². The van der Waals surface area contributed by atoms with Crippen LogP contribution in [0.2, 0.25) is 8.67 Å². The average molecular weight is 328 g/mol. The van der Waals surface area contributed by atoms with Gasteiger partial charge in [-0.05, 0) is 29.9 Å². The van der Waals surface area contributed by atoms with Crippen LogP contribution in [0, 0.1) is 11.8 Å². The molecule has 84 valence electrons. The first-order chi connectivity index (χ1) is 7.09. The third kappa shape index (κ3) is 2.54. The molecule has 2 rings (SSSR count). The SMILES string of the molecule is CC1CCCC1C(Br)c1cc(Cl)sc1Cl. The van der Waals surface area contributed by atoms with Crippen LogP contribution < -0.4 is 0 Å². The smallest absolute Gasteiger partial charge is 0.0987 e. The summed E-state index contributed by atoms with van der Waals surface area (Å²) in [6.45, 7) is 2.33. The quantitative estimate of drug-likeness (QED) is 0.591. The van der Waals surface area contributed by atoms with Crippen molar-refractivity contribution in [3.8, 4) is 0 Å². The van der Waals surface area contributed by atoms with E-state index in [2.05, 4.69) is 22.9 Å². The second-order valence-corrected chi connectivity index (χ2v) is 7.53. The summed E-state index contributed by atoms with van der Waals surface area (Å²) in [6, 6.07) is 2.00. The Kier molecular flexibility index (Phi) is 4.03. The van der Waals surface area contributed by atoms with Crippen LogP contribution in [-0.4, -0.2) is 0 Å². The zero-order chi connectivity index (χ0) is 11.0. The second kappa shape index (κ2) is 4.95. The Bertz CT molecular complexity index is 350. The summed E-state index contributed by atoms with van der Waals surface area (Å²) in [5.41, 5.74) is 1.17. The molecule has 1 aliphatic rings. The summed E-state index contributed by atoms with van der Waals surface area (Å²) in [7, 11) is 0. The predicted octanol–water partition coefficient (Wildman–Crippen LogP) is 5.93. The molecule has 3 unspecified atom stereocenters. The fourth-order valence-electron chi connectivity index (χ4n) is 2.38. The van der Waals surface area contributed by atoms with E-state index in [-0.39, 0.29) is 0 Å². The third-order valence-corrected chi connectivity index (χ3v) is 5.97. The maximum atomic E-state index is 6.17. The number of hydrogen-bond acceptors (Lipinski definition) is 1. The minimum Gasteiger partial charge on any atom is -0.111 e. The molecule has 1 aliphatic carbocycles. The van der Waals surface area contributed by atoms with Crippen LogP contribution in [0.1, 0.15) is 36.6 Å². The number of hydrogen-bond donors (Lipinski definition) is 0. The molecule has 0 bridgehead atoms. The minimum absolute atomic E-state index is 0.367. The van der Waals surface area contributed by atoms with Crippen LogP contribution in [0.15, 0.2) is 6.07 Å². The minimum atomic E-state index is 0.367. The lowest BCUT2D eigenvalue weighted by Crippen LogP contribution is -2.10. The van der Waals surface area contributed by atoms with Crippen molar-refractivity contribution in [2.45, 2.75) is 31.0 Å². The Morgan fingerprint density at radius 1 is 1.47 bits per heavy atom. The van der Waals surface area contributed by atoms with Crippen LogP contribution in [-0.2, 0) is 0 Å². The molecule has 1 aromatic rings. The highest BCUT2D eigenvalue weighted by Gasteiger charge is 2.31. The molecule has 0 spiro atoms. The summed E-state index contributed by atoms with van der Waals surface area (Å²) in [4.78, 5) is 0.367. The van der Waals surface area contributed by atoms with Crippen molar-refractivity contribution in [3.05, 3.63) is 20.3 Å². The van der Waals surface area contributed by atoms with Gasteiger partial charge >= 0.3 is 0 Å². The van der Waals surface area contributed by atoms with Crippen LogP contribution >= 0.6 is 50.5 Å². The van der Waals surface area contributed by atoms with Crippen LogP contribution in [0.5, 0.6) is 0 Å². The number of thiophene rings is 1. The molecule has 0 aromatic carbocycles. The van der Waals surface area contributed by atoms with Crippen LogP contribution in [0.3, 0.4) is 0 Å². The molecule has 0 N–H and O–H groups in total. The molecule has 1 heterocycles. The topological polar surface area (TPSA) is 0 Å². The molecule has 4 heteroatoms. The van der Waals surface area contributed by atoms with Gasteiger partial charge in [0.25, 0.3) is 0 Å². The molecule has 0 saturated heterocycles. The number of alkyl halides is 1. The van der Waals surface area contributed by atoms with Crippen molar-refractivity contribution in [2.75, 3.05) is 0 Å². The van der Waals surface area contributed by atoms with Gasteiger partial charge < -0.3 is 0 Å². The summed E-state index contributed by atoms with van der Waals surface area (Å²) in [6.07, 6.45) is 3.96. The van der Waals surface area contributed by atoms with Gasteiger partial charge in [-0.3, -0.25) is 0 Å². The number of halogens is 3. The summed E-state index contributed by atoms with van der Waals surface area (Å²) in [5.74, 6) is 1.48. The third-order valence-electron chi connectivity index (χ3n) is 3.28. The zero-order valence-corrected chi connectivity index (χ0v) is 12.4. The van der Waals surface area contributed by atoms with Gasteiger partial charge in [0, 0.05) is 4.83 Å². The van der Waals surface area contributed by atoms with E-state index in [1.54, 1.807) is 0 Å². The van der Waals surface area contributed by atoms with E-state index in [1.165, 1.54) is 36.2 Å². The van der Waals surface area contributed by atoms with Crippen molar-refractivity contribution in [3.63, 3.8) is 0 Å². The Morgan fingerprint density at radius 3 is 2.67 bits per heavy atom. The molecular weight excluding hydrogens is 315 g/mol. The van der Waals surface area contributed by atoms with Crippen molar-refractivity contribution in [1.82, 2.24) is 0 Å². The fraction of sp³-hybridized carbons (Fsp3) is 0.636. The van der Waals surface area contributed by atoms with Gasteiger partial charge in [0.05, 0.1) is 8.67 Å². The van der Waals surface area contributed by atoms with Crippen LogP contribution in [0.4, 0.5) is 0 Å². The molecule has 1 saturated carbocycles. The molecule has 0 aliphatic heterocycles. The number of rotatable bonds is 2. The summed E-state index contributed by atoms with van der Waals surface area (Å²) >= 11 is 17.4. The molecular formula is C11H13BrCl2S. The Labute approximate surface area is 113 Å². The van der Waals surface area contributed by atoms with Gasteiger partial charge in [-0.15, -0.1) is 11.3 Å². The second-order valence-electron chi connectivity index (χ2n) is 4.25. The highest BCUT2D eigenvalue weighted by Crippen LogP contribution is 2.48. The standard InChI is InChI=1S/C11H13BrCl2S/c1-6-3-2-4-7(6)10(12)8-5-9(13)15-11(8)14/h5-7,10H,2-4H2,1H3. The Morgan fingerprint density at radius 2 is 2.20 bits per heavy atom. The zero-order valence-electron chi connectivity index (χ0n) is 8.47. The average Bonchev–Trinajstić information content (AvgIpc) is 2.71. The van der Waals surface area contributed by atoms with E-state index in [0.717, 1.165) is 14.6 Å². The maximum absolute atomic E-state index is 6.17. The normalized spacial score (nSPS) is 28.3. The van der Waals surface area contributed by atoms with Crippen LogP contribution in [0.25, 0.3) is 0 Å². The highest BCUT2D eigenvalue weighted by atomic mass is 79.9. The lowest BCUT2D eigenvalue weighted by molar-refractivity contribution is 0.415. The summed E-state index contributed by atoms with van der Waals surface area (Å²) < 4.78 is 1.62. The lowest BCUT2D eigenvalue weighted by Gasteiger charge is -2.21. The van der Waals surface area contributed by atoms with E-state index in [9.17, 15) is 0 Å². The molecule has 1 fully saturated rings. The van der Waals surface area contributed by atoms with Gasteiger partial charge in [-0.2, -0.15) is 0 Å². The van der Waals surface area contributed by atoms with E-state index in [0.29, 0.717) is 10.7 Å². The fourth-order valence-corrected chi connectivity index (χ4v) is 5.36. The predicted molar refractivity (Wildman–Crippen MR) is 72.5 cm³/mol. The Balaban J connectivity index is 2.19. The van der Waals surface area contributed by atoms with Gasteiger partial charge in [0.15, 0.2) is 0 Å². The van der Waals surface area contributed by atoms with E-state index in [4.69, 9.17) is 23.2 Å². The van der Waals surface area contributed by atoms with Crippen molar-refractivity contribution in [2.24, 2.45) is 11.8 Å². The first-order valence-electron chi connectivity index (χ1n) is 5.18. The van der Waals surface area contributed by atoms with Crippen molar-refractivity contribution in [1.29, 1.82) is 0 Å². The van der Waals surface area contributed by atoms with Gasteiger partial charge in [-0.25, -0.2) is 0 Å². The first-order valence-corrected chi connectivity index (χ1v) is 7.67. The van der Waals surface area contributed by atoms with E-state index >= 15 is 0 Å². The van der Waals surface area contributed by atoms with Crippen molar-refractivity contribution < 1.29 is 0 Å². The molecule has 0 amide bonds. The Hall–Kier alpha value is 0.760. The molecule has 0 nitrogen and oxygen atoms in total. The maximum Gasteiger partial charge on any atom is 0.0987 e. The first kappa shape index (κ1) is 12.2.